The van der Waals surface area contributed by atoms with Crippen molar-refractivity contribution in [2.24, 2.45) is 28.6 Å². The second kappa shape index (κ2) is 5.20. The van der Waals surface area contributed by atoms with Crippen molar-refractivity contribution in [3.05, 3.63) is 11.7 Å². The third kappa shape index (κ3) is 2.04. The third-order valence-corrected chi connectivity index (χ3v) is 8.38. The van der Waals surface area contributed by atoms with Crippen LogP contribution >= 0.6 is 0 Å². The van der Waals surface area contributed by atoms with Crippen molar-refractivity contribution in [1.82, 2.24) is 0 Å². The molecule has 4 rings (SSSR count). The number of carbonyl (C=O) groups excluding carboxylic acids is 2. The summed E-state index contributed by atoms with van der Waals surface area (Å²) in [5.41, 5.74) is -4.04. The molecule has 0 aliphatic heterocycles. The van der Waals surface area contributed by atoms with Crippen molar-refractivity contribution in [1.29, 1.82) is 0 Å². The van der Waals surface area contributed by atoms with E-state index in [4.69, 9.17) is 0 Å². The van der Waals surface area contributed by atoms with E-state index < -0.39 is 34.6 Å². The molecule has 0 saturated heterocycles. The van der Waals surface area contributed by atoms with Gasteiger partial charge in [-0.05, 0) is 49.9 Å². The molecule has 4 fully saturated rings. The first-order chi connectivity index (χ1) is 11.6. The summed E-state index contributed by atoms with van der Waals surface area (Å²) in [7, 11) is 0. The minimum Gasteiger partial charge on any atom is -0.300 e. The van der Waals surface area contributed by atoms with E-state index >= 15 is 4.39 Å². The van der Waals surface area contributed by atoms with E-state index in [-0.39, 0.29) is 42.2 Å². The van der Waals surface area contributed by atoms with Gasteiger partial charge < -0.3 is 0 Å². The Morgan fingerprint density at radius 2 is 1.76 bits per heavy atom. The van der Waals surface area contributed by atoms with E-state index in [1.807, 2.05) is 6.92 Å². The van der Waals surface area contributed by atoms with Crippen molar-refractivity contribution in [2.75, 3.05) is 0 Å². The molecule has 1 unspecified atom stereocenters. The Balaban J connectivity index is 1.82. The highest BCUT2D eigenvalue weighted by Gasteiger charge is 2.68. The lowest BCUT2D eigenvalue weighted by Crippen LogP contribution is -2.61. The maximum Gasteiger partial charge on any atom is 0.272 e. The number of carbonyl (C=O) groups is 2. The van der Waals surface area contributed by atoms with Crippen LogP contribution in [0.5, 0.6) is 0 Å². The maximum absolute atomic E-state index is 16.0. The van der Waals surface area contributed by atoms with E-state index in [2.05, 4.69) is 0 Å². The molecule has 6 atom stereocenters. The molecular formula is C20H25F3O2. The highest BCUT2D eigenvalue weighted by atomic mass is 19.3. The molecule has 5 heteroatoms. The quantitative estimate of drug-likeness (QED) is 0.612. The first-order valence-electron chi connectivity index (χ1n) is 9.42. The fourth-order valence-corrected chi connectivity index (χ4v) is 6.85. The smallest absolute Gasteiger partial charge is 0.272 e. The van der Waals surface area contributed by atoms with E-state index in [0.717, 1.165) is 6.42 Å². The molecule has 0 amide bonds. The molecule has 0 spiro atoms. The molecule has 0 aromatic carbocycles. The zero-order valence-electron chi connectivity index (χ0n) is 14.8. The van der Waals surface area contributed by atoms with E-state index in [1.165, 1.54) is 0 Å². The summed E-state index contributed by atoms with van der Waals surface area (Å²) in [6.45, 7) is 3.75. The average molecular weight is 354 g/mol. The zero-order chi connectivity index (χ0) is 18.2. The lowest BCUT2D eigenvalue weighted by Gasteiger charge is -2.61. The standard InChI is InChI=1S/C20H25F3O2/c1-18-7-6-14-12(13(18)3-4-16(18)25)9-15(17(21)22)20(23)10-11(24)5-8-19(14,20)2/h12-14H,3-10H2,1-2H3/t12-,13-,14+,18-,19+,20?/m0/s1. The topological polar surface area (TPSA) is 34.1 Å². The zero-order valence-corrected chi connectivity index (χ0v) is 14.8. The summed E-state index contributed by atoms with van der Waals surface area (Å²) in [5.74, 6) is -0.0642. The molecular weight excluding hydrogens is 329 g/mol. The Hall–Kier alpha value is -1.13. The fourth-order valence-electron chi connectivity index (χ4n) is 6.85. The molecule has 0 radical (unpaired) electrons. The van der Waals surface area contributed by atoms with Gasteiger partial charge in [0, 0.05) is 35.7 Å². The van der Waals surface area contributed by atoms with Crippen molar-refractivity contribution in [3.63, 3.8) is 0 Å². The number of halogens is 3. The minimum atomic E-state index is -2.22. The first kappa shape index (κ1) is 17.3. The predicted octanol–water partition coefficient (Wildman–Crippen LogP) is 5.02. The second-order valence-corrected chi connectivity index (χ2v) is 9.17. The summed E-state index contributed by atoms with van der Waals surface area (Å²) in [6.07, 6.45) is 0.878. The summed E-state index contributed by atoms with van der Waals surface area (Å²) in [6, 6.07) is 0. The van der Waals surface area contributed by atoms with Crippen LogP contribution < -0.4 is 0 Å². The number of fused-ring (bicyclic) bond motifs is 5. The number of alkyl halides is 1. The van der Waals surface area contributed by atoms with Crippen LogP contribution in [0, 0.1) is 28.6 Å². The maximum atomic E-state index is 16.0. The lowest BCUT2D eigenvalue weighted by atomic mass is 9.43. The monoisotopic (exact) mass is 354 g/mol. The SMILES string of the molecule is C[C@]12CC[C@@H]3[C@@H](CC(=C(F)F)C4(F)CC(=O)CC[C@]34C)[C@@H]1CCC2=O. The molecule has 4 aliphatic carbocycles. The van der Waals surface area contributed by atoms with Gasteiger partial charge in [-0.2, -0.15) is 8.78 Å². The lowest BCUT2D eigenvalue weighted by molar-refractivity contribution is -0.157. The highest BCUT2D eigenvalue weighted by Crippen LogP contribution is 2.69. The van der Waals surface area contributed by atoms with Gasteiger partial charge in [-0.15, -0.1) is 0 Å². The van der Waals surface area contributed by atoms with Crippen LogP contribution in [0.25, 0.3) is 0 Å². The Labute approximate surface area is 146 Å². The van der Waals surface area contributed by atoms with Gasteiger partial charge in [0.05, 0.1) is 0 Å². The molecule has 2 nitrogen and oxygen atoms in total. The summed E-state index contributed by atoms with van der Waals surface area (Å²) in [4.78, 5) is 24.3. The van der Waals surface area contributed by atoms with Gasteiger partial charge in [0.25, 0.3) is 6.08 Å². The molecule has 4 aliphatic rings. The van der Waals surface area contributed by atoms with E-state index in [1.54, 1.807) is 6.92 Å². The number of rotatable bonds is 0. The number of Topliss-reactive ketones (excluding diaryl/α,β-unsaturated/α-hetero) is 2. The predicted molar refractivity (Wildman–Crippen MR) is 86.7 cm³/mol. The normalized spacial score (nSPS) is 49.5. The Morgan fingerprint density at radius 1 is 1.04 bits per heavy atom. The van der Waals surface area contributed by atoms with Crippen molar-refractivity contribution in [2.45, 2.75) is 70.9 Å². The molecule has 0 N–H and O–H groups in total. The number of allylic oxidation sites excluding steroid dienone is 1. The third-order valence-electron chi connectivity index (χ3n) is 8.38. The van der Waals surface area contributed by atoms with Crippen LogP contribution in [0.1, 0.15) is 65.2 Å². The highest BCUT2D eigenvalue weighted by molar-refractivity contribution is 5.87. The van der Waals surface area contributed by atoms with Gasteiger partial charge >= 0.3 is 0 Å². The number of hydrogen-bond acceptors (Lipinski definition) is 2. The van der Waals surface area contributed by atoms with E-state index in [0.29, 0.717) is 25.7 Å². The van der Waals surface area contributed by atoms with Crippen LogP contribution in [-0.4, -0.2) is 17.2 Å². The molecule has 25 heavy (non-hydrogen) atoms. The van der Waals surface area contributed by atoms with Crippen LogP contribution in [0.2, 0.25) is 0 Å². The minimum absolute atomic E-state index is 0.0000926. The molecule has 0 bridgehead atoms. The summed E-state index contributed by atoms with van der Waals surface area (Å²) in [5, 5.41) is 0. The summed E-state index contributed by atoms with van der Waals surface area (Å²) >= 11 is 0. The number of hydrogen-bond donors (Lipinski definition) is 0. The van der Waals surface area contributed by atoms with Crippen molar-refractivity contribution < 1.29 is 22.8 Å². The Bertz CT molecular complexity index is 682. The molecule has 0 aromatic heterocycles. The number of ketones is 2. The van der Waals surface area contributed by atoms with Gasteiger partial charge in [-0.1, -0.05) is 13.8 Å². The first-order valence-corrected chi connectivity index (χ1v) is 9.42. The van der Waals surface area contributed by atoms with Crippen LogP contribution in [0.15, 0.2) is 11.7 Å². The van der Waals surface area contributed by atoms with Gasteiger partial charge in [0.1, 0.15) is 17.2 Å². The van der Waals surface area contributed by atoms with Crippen molar-refractivity contribution in [3.8, 4) is 0 Å². The van der Waals surface area contributed by atoms with E-state index in [9.17, 15) is 18.4 Å². The van der Waals surface area contributed by atoms with Gasteiger partial charge in [-0.25, -0.2) is 4.39 Å². The van der Waals surface area contributed by atoms with Crippen LogP contribution in [0.4, 0.5) is 13.2 Å². The molecule has 0 aromatic rings. The molecule has 0 heterocycles. The van der Waals surface area contributed by atoms with Gasteiger partial charge in [0.2, 0.25) is 0 Å². The Morgan fingerprint density at radius 3 is 2.44 bits per heavy atom. The molecule has 138 valence electrons. The van der Waals surface area contributed by atoms with Crippen molar-refractivity contribution >= 4 is 11.6 Å². The summed E-state index contributed by atoms with van der Waals surface area (Å²) < 4.78 is 43.6. The van der Waals surface area contributed by atoms with Gasteiger partial charge in [-0.3, -0.25) is 9.59 Å². The molecule has 4 saturated carbocycles. The Kier molecular flexibility index (Phi) is 3.60. The average Bonchev–Trinajstić information content (AvgIpc) is 2.83. The fraction of sp³-hybridized carbons (Fsp3) is 0.800. The second-order valence-electron chi connectivity index (χ2n) is 9.17. The van der Waals surface area contributed by atoms with Crippen LogP contribution in [-0.2, 0) is 9.59 Å². The largest absolute Gasteiger partial charge is 0.300 e. The van der Waals surface area contributed by atoms with Gasteiger partial charge in [0.15, 0.2) is 0 Å². The van der Waals surface area contributed by atoms with Crippen LogP contribution in [0.3, 0.4) is 0 Å².